The molecule has 1 aromatic heterocycles. The van der Waals surface area contributed by atoms with E-state index in [0.29, 0.717) is 24.8 Å². The van der Waals surface area contributed by atoms with Crippen molar-refractivity contribution in [3.63, 3.8) is 0 Å². The summed E-state index contributed by atoms with van der Waals surface area (Å²) in [6.45, 7) is 1.67. The minimum atomic E-state index is -0.0281. The van der Waals surface area contributed by atoms with Crippen molar-refractivity contribution in [2.24, 2.45) is 0 Å². The first kappa shape index (κ1) is 20.1. The van der Waals surface area contributed by atoms with Gasteiger partial charge in [0.25, 0.3) is 5.56 Å². The highest BCUT2D eigenvalue weighted by Gasteiger charge is 2.04. The summed E-state index contributed by atoms with van der Waals surface area (Å²) in [5, 5.41) is 0.688. The molecule has 4 heteroatoms. The van der Waals surface area contributed by atoms with Crippen molar-refractivity contribution in [2.75, 3.05) is 0 Å². The quantitative estimate of drug-likeness (QED) is 0.374. The number of rotatable bonds is 7. The van der Waals surface area contributed by atoms with Gasteiger partial charge < -0.3 is 9.30 Å². The van der Waals surface area contributed by atoms with E-state index < -0.39 is 0 Å². The molecule has 30 heavy (non-hydrogen) atoms. The Morgan fingerprint density at radius 2 is 1.27 bits per heavy atom. The van der Waals surface area contributed by atoms with Crippen molar-refractivity contribution >= 4 is 11.6 Å². The predicted molar refractivity (Wildman–Crippen MR) is 122 cm³/mol. The molecule has 150 valence electrons. The molecule has 0 saturated carbocycles. The van der Waals surface area contributed by atoms with Crippen LogP contribution < -0.4 is 5.56 Å². The number of pyridine rings is 1. The van der Waals surface area contributed by atoms with Crippen molar-refractivity contribution < 1.29 is 4.74 Å². The lowest BCUT2D eigenvalue weighted by molar-refractivity contribution is 0.107. The lowest BCUT2D eigenvalue weighted by Gasteiger charge is -2.10. The van der Waals surface area contributed by atoms with Gasteiger partial charge in [0.2, 0.25) is 0 Å². The summed E-state index contributed by atoms with van der Waals surface area (Å²) in [5.74, 6) is 0. The molecule has 0 saturated heterocycles. The van der Waals surface area contributed by atoms with E-state index in [1.54, 1.807) is 10.6 Å². The number of halogens is 1. The molecule has 0 bridgehead atoms. The van der Waals surface area contributed by atoms with Gasteiger partial charge in [0.1, 0.15) is 0 Å². The first-order valence-corrected chi connectivity index (χ1v) is 10.2. The molecule has 1 heterocycles. The number of nitrogens with zero attached hydrogens (tertiary/aromatic N) is 1. The third-order valence-electron chi connectivity index (χ3n) is 4.92. The fourth-order valence-corrected chi connectivity index (χ4v) is 3.39. The van der Waals surface area contributed by atoms with Gasteiger partial charge >= 0.3 is 0 Å². The SMILES string of the molecule is O=c1ccc(-c2ccc(COCc3ccccc3)cc2)cn1Cc1ccc(Cl)cc1. The third-order valence-corrected chi connectivity index (χ3v) is 5.17. The molecular weight excluding hydrogens is 394 g/mol. The zero-order valence-corrected chi connectivity index (χ0v) is 17.3. The van der Waals surface area contributed by atoms with Crippen molar-refractivity contribution in [1.82, 2.24) is 4.57 Å². The van der Waals surface area contributed by atoms with Crippen LogP contribution in [0.1, 0.15) is 16.7 Å². The summed E-state index contributed by atoms with van der Waals surface area (Å²) in [4.78, 5) is 12.3. The standard InChI is InChI=1S/C26H22ClNO2/c27-25-13-8-20(9-14-25)16-28-17-24(12-15-26(28)29)23-10-6-22(7-11-23)19-30-18-21-4-2-1-3-5-21/h1-15,17H,16,18-19H2. The second kappa shape index (κ2) is 9.57. The van der Waals surface area contributed by atoms with Gasteiger partial charge in [-0.25, -0.2) is 0 Å². The van der Waals surface area contributed by atoms with Gasteiger partial charge in [-0.2, -0.15) is 0 Å². The topological polar surface area (TPSA) is 31.2 Å². The maximum atomic E-state index is 12.3. The minimum absolute atomic E-state index is 0.0281. The van der Waals surface area contributed by atoms with Crippen molar-refractivity contribution in [3.8, 4) is 11.1 Å². The van der Waals surface area contributed by atoms with Crippen LogP contribution in [0.15, 0.2) is 102 Å². The second-order valence-electron chi connectivity index (χ2n) is 7.19. The second-order valence-corrected chi connectivity index (χ2v) is 7.62. The Morgan fingerprint density at radius 3 is 1.97 bits per heavy atom. The zero-order valence-electron chi connectivity index (χ0n) is 16.5. The number of hydrogen-bond donors (Lipinski definition) is 0. The van der Waals surface area contributed by atoms with E-state index in [9.17, 15) is 4.79 Å². The molecule has 4 aromatic rings. The predicted octanol–water partition coefficient (Wildman–Crippen LogP) is 5.93. The molecule has 0 aliphatic heterocycles. The molecular formula is C26H22ClNO2. The van der Waals surface area contributed by atoms with E-state index >= 15 is 0 Å². The normalized spacial score (nSPS) is 10.8. The molecule has 0 atom stereocenters. The Balaban J connectivity index is 1.43. The van der Waals surface area contributed by atoms with Crippen molar-refractivity contribution in [2.45, 2.75) is 19.8 Å². The van der Waals surface area contributed by atoms with Gasteiger partial charge in [0.15, 0.2) is 0 Å². The Labute approximate surface area is 181 Å². The molecule has 4 rings (SSSR count). The highest BCUT2D eigenvalue weighted by atomic mass is 35.5. The van der Waals surface area contributed by atoms with Gasteiger partial charge in [0, 0.05) is 17.3 Å². The maximum Gasteiger partial charge on any atom is 0.250 e. The largest absolute Gasteiger partial charge is 0.372 e. The summed E-state index contributed by atoms with van der Waals surface area (Å²) in [6, 6.07) is 29.4. The van der Waals surface area contributed by atoms with Crippen LogP contribution in [0.4, 0.5) is 0 Å². The summed E-state index contributed by atoms with van der Waals surface area (Å²) in [7, 11) is 0. The number of benzene rings is 3. The van der Waals surface area contributed by atoms with Crippen LogP contribution >= 0.6 is 11.6 Å². The van der Waals surface area contributed by atoms with Gasteiger partial charge in [-0.15, -0.1) is 0 Å². The van der Waals surface area contributed by atoms with Crippen LogP contribution in [0.25, 0.3) is 11.1 Å². The minimum Gasteiger partial charge on any atom is -0.372 e. The fraction of sp³-hybridized carbons (Fsp3) is 0.115. The lowest BCUT2D eigenvalue weighted by Crippen LogP contribution is -2.19. The Kier molecular flexibility index (Phi) is 6.43. The first-order chi connectivity index (χ1) is 14.7. The molecule has 3 aromatic carbocycles. The summed E-state index contributed by atoms with van der Waals surface area (Å²) in [6.07, 6.45) is 1.90. The van der Waals surface area contributed by atoms with Crippen molar-refractivity contribution in [3.05, 3.63) is 129 Å². The summed E-state index contributed by atoms with van der Waals surface area (Å²) >= 11 is 5.95. The van der Waals surface area contributed by atoms with Crippen LogP contribution in [0, 0.1) is 0 Å². The maximum absolute atomic E-state index is 12.3. The van der Waals surface area contributed by atoms with E-state index in [1.807, 2.05) is 54.7 Å². The molecule has 0 fully saturated rings. The average Bonchev–Trinajstić information content (AvgIpc) is 2.78. The molecule has 0 radical (unpaired) electrons. The number of aromatic nitrogens is 1. The van der Waals surface area contributed by atoms with Gasteiger partial charge in [-0.05, 0) is 46.0 Å². The van der Waals surface area contributed by atoms with Gasteiger partial charge in [-0.3, -0.25) is 4.79 Å². The van der Waals surface area contributed by atoms with Crippen LogP contribution in [-0.2, 0) is 24.5 Å². The fourth-order valence-electron chi connectivity index (χ4n) is 3.27. The van der Waals surface area contributed by atoms with Gasteiger partial charge in [-0.1, -0.05) is 78.3 Å². The van der Waals surface area contributed by atoms with E-state index in [4.69, 9.17) is 16.3 Å². The summed E-state index contributed by atoms with van der Waals surface area (Å²) in [5.41, 5.74) is 5.34. The Morgan fingerprint density at radius 1 is 0.667 bits per heavy atom. The highest BCUT2D eigenvalue weighted by molar-refractivity contribution is 6.30. The number of hydrogen-bond acceptors (Lipinski definition) is 2. The molecule has 3 nitrogen and oxygen atoms in total. The number of ether oxygens (including phenoxy) is 1. The van der Waals surface area contributed by atoms with Gasteiger partial charge in [0.05, 0.1) is 19.8 Å². The molecule has 0 N–H and O–H groups in total. The summed E-state index contributed by atoms with van der Waals surface area (Å²) < 4.78 is 7.52. The molecule has 0 amide bonds. The molecule has 0 spiro atoms. The van der Waals surface area contributed by atoms with Crippen LogP contribution in [0.3, 0.4) is 0 Å². The Hall–Kier alpha value is -3.14. The monoisotopic (exact) mass is 415 g/mol. The van der Waals surface area contributed by atoms with E-state index in [0.717, 1.165) is 27.8 Å². The van der Waals surface area contributed by atoms with Crippen LogP contribution in [-0.4, -0.2) is 4.57 Å². The van der Waals surface area contributed by atoms with Crippen LogP contribution in [0.5, 0.6) is 0 Å². The van der Waals surface area contributed by atoms with Crippen LogP contribution in [0.2, 0.25) is 5.02 Å². The lowest BCUT2D eigenvalue weighted by atomic mass is 10.1. The van der Waals surface area contributed by atoms with E-state index in [-0.39, 0.29) is 5.56 Å². The van der Waals surface area contributed by atoms with Crippen molar-refractivity contribution in [1.29, 1.82) is 0 Å². The zero-order chi connectivity index (χ0) is 20.8. The molecule has 0 aliphatic carbocycles. The Bertz CT molecular complexity index is 1150. The third kappa shape index (κ3) is 5.26. The molecule has 0 aliphatic rings. The molecule has 0 unspecified atom stereocenters. The highest BCUT2D eigenvalue weighted by Crippen LogP contribution is 2.20. The average molecular weight is 416 g/mol. The first-order valence-electron chi connectivity index (χ1n) is 9.83. The smallest absolute Gasteiger partial charge is 0.250 e. The van der Waals surface area contributed by atoms with E-state index in [1.165, 1.54) is 0 Å². The van der Waals surface area contributed by atoms with E-state index in [2.05, 4.69) is 36.4 Å².